The average molecular weight is 769 g/mol. The van der Waals surface area contributed by atoms with E-state index in [0.29, 0.717) is 31.0 Å². The van der Waals surface area contributed by atoms with Crippen molar-refractivity contribution in [3.05, 3.63) is 110 Å². The molecular weight excluding hydrogens is 716 g/mol. The number of fused-ring (bicyclic) bond motifs is 3. The van der Waals surface area contributed by atoms with Crippen LogP contribution in [0.5, 0.6) is 5.88 Å². The fourth-order valence-electron chi connectivity index (χ4n) is 6.54. The van der Waals surface area contributed by atoms with Gasteiger partial charge in [0.1, 0.15) is 28.8 Å². The lowest BCUT2D eigenvalue weighted by Gasteiger charge is -2.37. The molecule has 15 heteroatoms. The van der Waals surface area contributed by atoms with Crippen LogP contribution < -0.4 is 11.3 Å². The van der Waals surface area contributed by atoms with Gasteiger partial charge in [-0.05, 0) is 90.6 Å². The van der Waals surface area contributed by atoms with E-state index >= 15 is 0 Å². The van der Waals surface area contributed by atoms with E-state index in [0.717, 1.165) is 29.9 Å². The number of H-pyrrole nitrogens is 2. The summed E-state index contributed by atoms with van der Waals surface area (Å²) < 4.78 is 11.6. The van der Waals surface area contributed by atoms with Gasteiger partial charge in [-0.15, -0.1) is 0 Å². The summed E-state index contributed by atoms with van der Waals surface area (Å²) in [4.78, 5) is 52.5. The number of aromatic hydroxyl groups is 1. The molecule has 0 saturated carbocycles. The highest BCUT2D eigenvalue weighted by Gasteiger charge is 2.35. The summed E-state index contributed by atoms with van der Waals surface area (Å²) >= 11 is 0. The normalized spacial score (nSPS) is 17.0. The lowest BCUT2D eigenvalue weighted by molar-refractivity contribution is -0.150. The molecule has 1 amide bonds. The van der Waals surface area contributed by atoms with Crippen molar-refractivity contribution in [2.75, 3.05) is 19.4 Å². The van der Waals surface area contributed by atoms with Crippen molar-refractivity contribution in [1.82, 2.24) is 34.6 Å². The number of rotatable bonds is 5. The Hall–Kier alpha value is -5.96. The number of esters is 1. The molecule has 0 spiro atoms. The fourth-order valence-corrected chi connectivity index (χ4v) is 6.54. The highest BCUT2D eigenvalue weighted by Crippen LogP contribution is 2.35. The molecule has 5 heterocycles. The smallest absolute Gasteiger partial charge is 0.411 e. The number of hydrogen-bond acceptors (Lipinski definition) is 11. The summed E-state index contributed by atoms with van der Waals surface area (Å²) in [5, 5.41) is 21.6. The van der Waals surface area contributed by atoms with Crippen LogP contribution in [-0.4, -0.2) is 76.8 Å². The number of aromatic amines is 2. The van der Waals surface area contributed by atoms with Crippen molar-refractivity contribution in [2.45, 2.75) is 92.1 Å². The summed E-state index contributed by atoms with van der Waals surface area (Å²) in [5.74, 6) is -0.884. The molecule has 298 valence electrons. The second-order valence-electron chi connectivity index (χ2n) is 15.1. The number of nitrogen functional groups attached to an aromatic ring is 1. The molecule has 0 radical (unpaired) electrons. The Labute approximate surface area is 325 Å². The van der Waals surface area contributed by atoms with Gasteiger partial charge in [0.05, 0.1) is 35.6 Å². The van der Waals surface area contributed by atoms with Gasteiger partial charge in [-0.1, -0.05) is 48.5 Å². The van der Waals surface area contributed by atoms with E-state index in [2.05, 4.69) is 67.3 Å². The van der Waals surface area contributed by atoms with Crippen molar-refractivity contribution >= 4 is 29.3 Å². The second kappa shape index (κ2) is 17.2. The number of aromatic nitrogens is 5. The zero-order valence-electron chi connectivity index (χ0n) is 33.3. The third kappa shape index (κ3) is 9.63. The number of ether oxygens (including phenoxy) is 2. The first kappa shape index (κ1) is 41.2. The first-order valence-electron chi connectivity index (χ1n) is 18.6. The molecule has 5 aromatic rings. The van der Waals surface area contributed by atoms with Crippen LogP contribution in [0.25, 0.3) is 5.65 Å². The molecule has 0 fully saturated rings. The molecule has 3 atom stereocenters. The van der Waals surface area contributed by atoms with Gasteiger partial charge in [-0.3, -0.25) is 29.3 Å². The lowest BCUT2D eigenvalue weighted by atomic mass is 9.92. The van der Waals surface area contributed by atoms with Crippen LogP contribution in [0.4, 0.5) is 10.6 Å². The zero-order valence-corrected chi connectivity index (χ0v) is 33.3. The maximum Gasteiger partial charge on any atom is 0.411 e. The monoisotopic (exact) mass is 768 g/mol. The Balaban J connectivity index is 0.000000174. The molecule has 2 aromatic carbocycles. The molecule has 7 rings (SSSR count). The lowest BCUT2D eigenvalue weighted by Crippen LogP contribution is -2.42. The third-order valence-electron chi connectivity index (χ3n) is 9.77. The molecule has 56 heavy (non-hydrogen) atoms. The Morgan fingerprint density at radius 3 is 2.12 bits per heavy atom. The quantitative estimate of drug-likeness (QED) is 0.129. The molecule has 2 aliphatic rings. The van der Waals surface area contributed by atoms with Crippen molar-refractivity contribution in [1.29, 1.82) is 0 Å². The zero-order chi connectivity index (χ0) is 40.9. The number of carbonyl (C=O) groups is 3. The second-order valence-corrected chi connectivity index (χ2v) is 15.1. The van der Waals surface area contributed by atoms with E-state index in [4.69, 9.17) is 10.5 Å². The number of carbonyl (C=O) groups excluding carboxylic acids is 3. The number of likely N-dealkylation sites (N-methyl/N-ethyl adjacent to an activating group) is 1. The first-order chi connectivity index (χ1) is 26.5. The minimum atomic E-state index is -0.611. The van der Waals surface area contributed by atoms with Crippen LogP contribution in [0.2, 0.25) is 0 Å². The molecule has 0 bridgehead atoms. The van der Waals surface area contributed by atoms with Crippen molar-refractivity contribution in [2.24, 2.45) is 5.92 Å². The largest absolute Gasteiger partial charge is 0.493 e. The highest BCUT2D eigenvalue weighted by molar-refractivity contribution is 5.97. The van der Waals surface area contributed by atoms with Gasteiger partial charge in [-0.25, -0.2) is 4.79 Å². The molecule has 1 unspecified atom stereocenters. The Bertz CT molecular complexity index is 2250. The van der Waals surface area contributed by atoms with Crippen LogP contribution >= 0.6 is 0 Å². The summed E-state index contributed by atoms with van der Waals surface area (Å²) in [6, 6.07) is 20.1. The van der Waals surface area contributed by atoms with Crippen molar-refractivity contribution in [3.63, 3.8) is 0 Å². The van der Waals surface area contributed by atoms with E-state index in [9.17, 15) is 24.3 Å². The van der Waals surface area contributed by atoms with Gasteiger partial charge < -0.3 is 25.3 Å². The summed E-state index contributed by atoms with van der Waals surface area (Å²) in [6.07, 6.45) is 1.24. The van der Waals surface area contributed by atoms with Gasteiger partial charge in [-0.2, -0.15) is 14.7 Å². The predicted molar refractivity (Wildman–Crippen MR) is 211 cm³/mol. The number of nitrogens with two attached hydrogens (primary N) is 1. The van der Waals surface area contributed by atoms with Crippen LogP contribution in [0.15, 0.2) is 65.5 Å². The Morgan fingerprint density at radius 1 is 0.982 bits per heavy atom. The summed E-state index contributed by atoms with van der Waals surface area (Å²) in [7, 11) is 2.07. The van der Waals surface area contributed by atoms with E-state index < -0.39 is 17.5 Å². The fraction of sp³-hybridized carbons (Fsp3) is 0.415. The molecule has 15 nitrogen and oxygen atoms in total. The summed E-state index contributed by atoms with van der Waals surface area (Å²) in [5.41, 5.74) is 12.4. The van der Waals surface area contributed by atoms with E-state index in [1.165, 1.54) is 28.1 Å². The maximum absolute atomic E-state index is 12.7. The van der Waals surface area contributed by atoms with Crippen molar-refractivity contribution < 1.29 is 29.0 Å². The molecule has 0 saturated heterocycles. The van der Waals surface area contributed by atoms with Gasteiger partial charge in [0.25, 0.3) is 5.56 Å². The van der Waals surface area contributed by atoms with Crippen LogP contribution in [-0.2, 0) is 45.0 Å². The maximum atomic E-state index is 12.7. The molecule has 3 aromatic heterocycles. The summed E-state index contributed by atoms with van der Waals surface area (Å²) in [6.45, 7) is 13.5. The number of benzene rings is 2. The van der Waals surface area contributed by atoms with E-state index in [1.807, 2.05) is 45.0 Å². The molecular formula is C41H52N8O7. The van der Waals surface area contributed by atoms with Crippen molar-refractivity contribution in [3.8, 4) is 5.88 Å². The van der Waals surface area contributed by atoms with Gasteiger partial charge in [0.15, 0.2) is 0 Å². The van der Waals surface area contributed by atoms with Gasteiger partial charge in [0.2, 0.25) is 5.88 Å². The highest BCUT2D eigenvalue weighted by atomic mass is 16.6. The first-order valence-corrected chi connectivity index (χ1v) is 18.6. The number of anilines is 1. The predicted octanol–water partition coefficient (Wildman–Crippen LogP) is 5.57. The molecule has 0 aliphatic carbocycles. The van der Waals surface area contributed by atoms with Crippen LogP contribution in [0.3, 0.4) is 0 Å². The topological polar surface area (TPSA) is 201 Å². The molecule has 5 N–H and O–H groups in total. The number of nitrogens with one attached hydrogen (secondary N) is 2. The minimum absolute atomic E-state index is 0.103. The van der Waals surface area contributed by atoms with Gasteiger partial charge >= 0.3 is 12.1 Å². The van der Waals surface area contributed by atoms with Crippen LogP contribution in [0.1, 0.15) is 92.8 Å². The van der Waals surface area contributed by atoms with Gasteiger partial charge in [0, 0.05) is 25.2 Å². The third-order valence-corrected chi connectivity index (χ3v) is 9.77. The average Bonchev–Trinajstić information content (AvgIpc) is 3.79. The van der Waals surface area contributed by atoms with E-state index in [1.54, 1.807) is 31.7 Å². The minimum Gasteiger partial charge on any atom is -0.493 e. The SMILES string of the molecule is CC(C)(C)OC(=O)N1Cc2ccccc2C[C@H]1c1cc(N)n[nH]1.CCOC(=O)C(C)C(C)=O.Cc1c(O)n2nc([C@@H]3Cc4ccccc4CN3C)cc2[nH]c1=O. The Kier molecular flexibility index (Phi) is 12.7. The standard InChI is InChI=1S/C17H18N4O2.C17H22N4O2.C7H12O3/c1-10-16(22)18-15-8-13(19-21(15)17(10)23)14-7-11-5-3-4-6-12(11)9-20(14)2;1-17(2,3)23-16(22)21-10-12-7-5-4-6-11(12)8-14(21)13-9-15(18)20-19-13;1-4-10-7(9)5(2)6(3)8/h3-6,8,14,23H,7,9H2,1-2H3,(H,18,22);4-7,9,14H,8,10H2,1-3H3,(H3,18,19,20);5H,4H2,1-3H3/t2*14-;/m00./s1. The number of hydrogen-bond donors (Lipinski definition) is 4. The van der Waals surface area contributed by atoms with Crippen LogP contribution in [0, 0.1) is 12.8 Å². The van der Waals surface area contributed by atoms with E-state index in [-0.39, 0.29) is 41.0 Å². The molecule has 2 aliphatic heterocycles. The number of nitrogens with zero attached hydrogens (tertiary/aromatic N) is 5. The number of amides is 1. The number of Topliss-reactive ketones (excluding diaryl/α,β-unsaturated/α-hetero) is 1. The Morgan fingerprint density at radius 2 is 1.57 bits per heavy atom. The number of ketones is 1.